The molecule has 3 rings (SSSR count). The second-order valence-corrected chi connectivity index (χ2v) is 7.11. The molecule has 2 atom stereocenters. The Morgan fingerprint density at radius 3 is 2.80 bits per heavy atom. The lowest BCUT2D eigenvalue weighted by Gasteiger charge is -2.17. The van der Waals surface area contributed by atoms with Gasteiger partial charge in [0, 0.05) is 39.2 Å². The molecule has 25 heavy (non-hydrogen) atoms. The van der Waals surface area contributed by atoms with Crippen LogP contribution in [0.2, 0.25) is 5.15 Å². The van der Waals surface area contributed by atoms with Gasteiger partial charge in [-0.25, -0.2) is 0 Å². The molecule has 1 saturated heterocycles. The molecule has 7 heteroatoms. The third kappa shape index (κ3) is 3.75. The van der Waals surface area contributed by atoms with Crippen molar-refractivity contribution in [2.45, 2.75) is 45.7 Å². The number of aryl methyl sites for hydroxylation is 3. The number of nitrogens with zero attached hydrogens (tertiary/aromatic N) is 3. The molecule has 0 unspecified atom stereocenters. The number of rotatable bonds is 5. The molecule has 1 amide bonds. The summed E-state index contributed by atoms with van der Waals surface area (Å²) in [6.45, 7) is 7.88. The lowest BCUT2D eigenvalue weighted by molar-refractivity contribution is -0.119. The van der Waals surface area contributed by atoms with Crippen LogP contribution >= 0.6 is 11.6 Å². The predicted octanol–water partition coefficient (Wildman–Crippen LogP) is 2.64. The van der Waals surface area contributed by atoms with Crippen LogP contribution in [0.3, 0.4) is 0 Å². The van der Waals surface area contributed by atoms with E-state index in [1.165, 1.54) is 0 Å². The fourth-order valence-electron chi connectivity index (χ4n) is 3.63. The van der Waals surface area contributed by atoms with Gasteiger partial charge in [-0.15, -0.1) is 0 Å². The Morgan fingerprint density at radius 1 is 1.44 bits per heavy atom. The summed E-state index contributed by atoms with van der Waals surface area (Å²) in [4.78, 5) is 13.9. The number of carbonyl (C=O) groups is 1. The van der Waals surface area contributed by atoms with Crippen LogP contribution in [-0.2, 0) is 24.8 Å². The van der Waals surface area contributed by atoms with Crippen LogP contribution in [0, 0.1) is 6.92 Å². The molecule has 1 aliphatic heterocycles. The predicted molar refractivity (Wildman–Crippen MR) is 96.7 cm³/mol. The van der Waals surface area contributed by atoms with E-state index in [4.69, 9.17) is 16.0 Å². The summed E-state index contributed by atoms with van der Waals surface area (Å²) in [5.41, 5.74) is 2.10. The quantitative estimate of drug-likeness (QED) is 0.885. The van der Waals surface area contributed by atoms with Gasteiger partial charge in [-0.1, -0.05) is 18.5 Å². The minimum absolute atomic E-state index is 0.0196. The summed E-state index contributed by atoms with van der Waals surface area (Å²) in [7, 11) is 1.86. The first-order valence-electron chi connectivity index (χ1n) is 8.65. The summed E-state index contributed by atoms with van der Waals surface area (Å²) in [5, 5.41) is 8.24. The molecule has 136 valence electrons. The number of hydrogen-bond acceptors (Lipinski definition) is 4. The van der Waals surface area contributed by atoms with Crippen molar-refractivity contribution in [3.05, 3.63) is 40.1 Å². The van der Waals surface area contributed by atoms with Crippen molar-refractivity contribution in [2.24, 2.45) is 7.05 Å². The van der Waals surface area contributed by atoms with E-state index in [-0.39, 0.29) is 17.9 Å². The standard InChI is InChI=1S/C18H25ClN4O2/c1-5-15-14(18(19)22(4)21-15)9-23-8-13(16(10-23)20-12(3)24)17-7-6-11(2)25-17/h6-7,13,16H,5,8-10H2,1-4H3,(H,20,24)/t13-,16-/m0/s1. The molecule has 0 spiro atoms. The maximum Gasteiger partial charge on any atom is 0.217 e. The molecule has 1 N–H and O–H groups in total. The van der Waals surface area contributed by atoms with Crippen LogP contribution in [0.5, 0.6) is 0 Å². The fraction of sp³-hybridized carbons (Fsp3) is 0.556. The minimum Gasteiger partial charge on any atom is -0.466 e. The van der Waals surface area contributed by atoms with Crippen molar-refractivity contribution in [1.82, 2.24) is 20.0 Å². The van der Waals surface area contributed by atoms with E-state index in [1.54, 1.807) is 11.6 Å². The Kier molecular flexibility index (Phi) is 5.20. The van der Waals surface area contributed by atoms with E-state index in [0.29, 0.717) is 5.15 Å². The van der Waals surface area contributed by atoms with Crippen LogP contribution < -0.4 is 5.32 Å². The number of aromatic nitrogens is 2. The molecule has 2 aromatic rings. The second kappa shape index (κ2) is 7.22. The van der Waals surface area contributed by atoms with Gasteiger partial charge < -0.3 is 9.73 Å². The van der Waals surface area contributed by atoms with Gasteiger partial charge in [-0.3, -0.25) is 14.4 Å². The monoisotopic (exact) mass is 364 g/mol. The largest absolute Gasteiger partial charge is 0.466 e. The molecular weight excluding hydrogens is 340 g/mol. The van der Waals surface area contributed by atoms with Crippen molar-refractivity contribution in [1.29, 1.82) is 0 Å². The van der Waals surface area contributed by atoms with E-state index in [2.05, 4.69) is 22.2 Å². The van der Waals surface area contributed by atoms with Crippen LogP contribution in [0.4, 0.5) is 0 Å². The Balaban J connectivity index is 1.81. The first-order chi connectivity index (χ1) is 11.9. The van der Waals surface area contributed by atoms with Crippen LogP contribution in [-0.4, -0.2) is 39.7 Å². The number of furan rings is 1. The lowest BCUT2D eigenvalue weighted by Crippen LogP contribution is -2.38. The zero-order valence-corrected chi connectivity index (χ0v) is 15.9. The van der Waals surface area contributed by atoms with E-state index < -0.39 is 0 Å². The third-order valence-electron chi connectivity index (χ3n) is 4.78. The van der Waals surface area contributed by atoms with Crippen molar-refractivity contribution in [2.75, 3.05) is 13.1 Å². The SMILES string of the molecule is CCc1nn(C)c(Cl)c1CN1C[C@H](NC(C)=O)[C@@H](c2ccc(C)o2)C1. The number of carbonyl (C=O) groups excluding carboxylic acids is 1. The molecule has 0 aliphatic carbocycles. The van der Waals surface area contributed by atoms with Gasteiger partial charge in [0.25, 0.3) is 0 Å². The topological polar surface area (TPSA) is 63.3 Å². The Morgan fingerprint density at radius 2 is 2.20 bits per heavy atom. The maximum atomic E-state index is 11.6. The number of halogens is 1. The molecule has 0 aromatic carbocycles. The van der Waals surface area contributed by atoms with Crippen molar-refractivity contribution in [3.63, 3.8) is 0 Å². The average Bonchev–Trinajstić information content (AvgIpc) is 3.21. The van der Waals surface area contributed by atoms with Crippen molar-refractivity contribution in [3.8, 4) is 0 Å². The minimum atomic E-state index is -0.0196. The molecular formula is C18H25ClN4O2. The summed E-state index contributed by atoms with van der Waals surface area (Å²) in [6, 6.07) is 4.01. The van der Waals surface area contributed by atoms with Gasteiger partial charge in [0.05, 0.1) is 17.7 Å². The Hall–Kier alpha value is -1.79. The van der Waals surface area contributed by atoms with Crippen LogP contribution in [0.15, 0.2) is 16.5 Å². The highest BCUT2D eigenvalue weighted by atomic mass is 35.5. The molecule has 1 aliphatic rings. The first-order valence-corrected chi connectivity index (χ1v) is 9.02. The fourth-order valence-corrected chi connectivity index (χ4v) is 3.83. The van der Waals surface area contributed by atoms with E-state index in [1.807, 2.05) is 26.1 Å². The highest BCUT2D eigenvalue weighted by Crippen LogP contribution is 2.31. The normalized spacial score (nSPS) is 21.0. The summed E-state index contributed by atoms with van der Waals surface area (Å²) >= 11 is 6.43. The second-order valence-electron chi connectivity index (χ2n) is 6.75. The number of amides is 1. The number of hydrogen-bond donors (Lipinski definition) is 1. The first kappa shape index (κ1) is 18.0. The van der Waals surface area contributed by atoms with E-state index >= 15 is 0 Å². The van der Waals surface area contributed by atoms with Crippen LogP contribution in [0.25, 0.3) is 0 Å². The number of likely N-dealkylation sites (tertiary alicyclic amines) is 1. The highest BCUT2D eigenvalue weighted by Gasteiger charge is 2.37. The summed E-state index contributed by atoms with van der Waals surface area (Å²) < 4.78 is 7.56. The smallest absolute Gasteiger partial charge is 0.217 e. The highest BCUT2D eigenvalue weighted by molar-refractivity contribution is 6.30. The molecule has 3 heterocycles. The van der Waals surface area contributed by atoms with Crippen molar-refractivity contribution < 1.29 is 9.21 Å². The molecule has 6 nitrogen and oxygen atoms in total. The van der Waals surface area contributed by atoms with E-state index in [9.17, 15) is 4.79 Å². The molecule has 2 aromatic heterocycles. The maximum absolute atomic E-state index is 11.6. The van der Waals surface area contributed by atoms with Gasteiger partial charge in [0.2, 0.25) is 5.91 Å². The zero-order chi connectivity index (χ0) is 18.1. The average molecular weight is 365 g/mol. The number of nitrogens with one attached hydrogen (secondary N) is 1. The van der Waals surface area contributed by atoms with Gasteiger partial charge in [0.15, 0.2) is 0 Å². The third-order valence-corrected chi connectivity index (χ3v) is 5.25. The van der Waals surface area contributed by atoms with Gasteiger partial charge in [0.1, 0.15) is 16.7 Å². The molecule has 0 saturated carbocycles. The molecule has 0 radical (unpaired) electrons. The molecule has 0 bridgehead atoms. The van der Waals surface area contributed by atoms with E-state index in [0.717, 1.165) is 48.8 Å². The van der Waals surface area contributed by atoms with Crippen molar-refractivity contribution >= 4 is 17.5 Å². The van der Waals surface area contributed by atoms with Crippen LogP contribution in [0.1, 0.15) is 42.5 Å². The molecule has 1 fully saturated rings. The lowest BCUT2D eigenvalue weighted by atomic mass is 10.0. The summed E-state index contributed by atoms with van der Waals surface area (Å²) in [5.74, 6) is 1.93. The Bertz CT molecular complexity index is 767. The zero-order valence-electron chi connectivity index (χ0n) is 15.2. The van der Waals surface area contributed by atoms with Gasteiger partial charge in [-0.05, 0) is 25.5 Å². The summed E-state index contributed by atoms with van der Waals surface area (Å²) in [6.07, 6.45) is 0.847. The Labute approximate surface area is 153 Å². The van der Waals surface area contributed by atoms with Gasteiger partial charge >= 0.3 is 0 Å². The van der Waals surface area contributed by atoms with Gasteiger partial charge in [-0.2, -0.15) is 5.10 Å².